The molecule has 2 aromatic carbocycles. The lowest BCUT2D eigenvalue weighted by Crippen LogP contribution is -2.48. The minimum Gasteiger partial charge on any atom is -0.479 e. The van der Waals surface area contributed by atoms with Gasteiger partial charge >= 0.3 is 11.9 Å². The number of benzene rings is 2. The van der Waals surface area contributed by atoms with Crippen LogP contribution in [0, 0.1) is 5.82 Å². The number of amides is 1. The Morgan fingerprint density at radius 2 is 1.76 bits per heavy atom. The van der Waals surface area contributed by atoms with E-state index in [9.17, 15) is 34.1 Å². The smallest absolute Gasteiger partial charge is 0.354 e. The normalized spacial score (nSPS) is 12.7. The largest absolute Gasteiger partial charge is 0.479 e. The number of carboxylic acids is 2. The summed E-state index contributed by atoms with van der Waals surface area (Å²) in [6, 6.07) is 9.98. The van der Waals surface area contributed by atoms with E-state index in [1.54, 1.807) is 24.3 Å². The van der Waals surface area contributed by atoms with Crippen molar-refractivity contribution in [2.75, 3.05) is 0 Å². The predicted octanol–water partition coefficient (Wildman–Crippen LogP) is 2.86. The van der Waals surface area contributed by atoms with Crippen LogP contribution in [0.5, 0.6) is 0 Å². The Morgan fingerprint density at radius 3 is 2.38 bits per heavy atom. The van der Waals surface area contributed by atoms with Gasteiger partial charge in [-0.25, -0.2) is 14.0 Å². The Labute approximate surface area is 202 Å². The monoisotopic (exact) mass is 509 g/mol. The van der Waals surface area contributed by atoms with Crippen LogP contribution in [0.1, 0.15) is 32.1 Å². The summed E-state index contributed by atoms with van der Waals surface area (Å²) in [4.78, 5) is 35.8. The first-order chi connectivity index (χ1) is 16.1. The second-order valence-corrected chi connectivity index (χ2v) is 8.12. The Morgan fingerprint density at radius 1 is 1.06 bits per heavy atom. The molecule has 0 saturated carbocycles. The van der Waals surface area contributed by atoms with E-state index in [1.165, 1.54) is 12.1 Å². The molecule has 34 heavy (non-hydrogen) atoms. The summed E-state index contributed by atoms with van der Waals surface area (Å²) in [5, 5.41) is 35.6. The van der Waals surface area contributed by atoms with E-state index >= 15 is 0 Å². The molecule has 0 unspecified atom stereocenters. The van der Waals surface area contributed by atoms with Crippen molar-refractivity contribution in [1.29, 1.82) is 0 Å². The molecule has 0 radical (unpaired) electrons. The lowest BCUT2D eigenvalue weighted by Gasteiger charge is -2.21. The first-order valence-corrected chi connectivity index (χ1v) is 10.5. The van der Waals surface area contributed by atoms with E-state index in [1.807, 2.05) is 0 Å². The molecule has 0 aliphatic carbocycles. The van der Waals surface area contributed by atoms with Crippen LogP contribution in [0.15, 0.2) is 48.5 Å². The highest BCUT2D eigenvalue weighted by Gasteiger charge is 2.30. The summed E-state index contributed by atoms with van der Waals surface area (Å²) in [5.41, 5.74) is -0.209. The number of aliphatic hydroxyl groups is 1. The van der Waals surface area contributed by atoms with E-state index in [0.29, 0.717) is 10.6 Å². The van der Waals surface area contributed by atoms with Gasteiger partial charge in [-0.3, -0.25) is 9.48 Å². The first kappa shape index (κ1) is 25.2. The molecule has 3 rings (SSSR count). The molecule has 3 aromatic rings. The van der Waals surface area contributed by atoms with Gasteiger partial charge in [0.1, 0.15) is 11.5 Å². The average Bonchev–Trinajstić information content (AvgIpc) is 3.20. The molecule has 4 N–H and O–H groups in total. The number of carboxylic acid groups (broad SMARTS) is 2. The molecule has 178 valence electrons. The van der Waals surface area contributed by atoms with Gasteiger partial charge in [0.2, 0.25) is 0 Å². The molecule has 1 amide bonds. The second-order valence-electron chi connectivity index (χ2n) is 7.27. The fraction of sp³-hybridized carbons (Fsp3) is 0.182. The molecule has 0 saturated heterocycles. The fourth-order valence-electron chi connectivity index (χ4n) is 3.19. The van der Waals surface area contributed by atoms with E-state index in [0.717, 1.165) is 16.8 Å². The second kappa shape index (κ2) is 10.6. The summed E-state index contributed by atoms with van der Waals surface area (Å²) in [5.74, 6) is -4.61. The predicted molar refractivity (Wildman–Crippen MR) is 120 cm³/mol. The Hall–Kier alpha value is -3.47. The van der Waals surface area contributed by atoms with Crippen molar-refractivity contribution in [1.82, 2.24) is 15.1 Å². The minimum atomic E-state index is -1.98. The van der Waals surface area contributed by atoms with E-state index in [2.05, 4.69) is 10.4 Å². The lowest BCUT2D eigenvalue weighted by atomic mass is 10.0. The van der Waals surface area contributed by atoms with E-state index in [4.69, 9.17) is 23.2 Å². The number of rotatable bonds is 9. The number of aromatic nitrogens is 2. The van der Waals surface area contributed by atoms with Crippen molar-refractivity contribution in [3.05, 3.63) is 86.9 Å². The number of nitrogens with zero attached hydrogens (tertiary/aromatic N) is 2. The quantitative estimate of drug-likeness (QED) is 0.347. The van der Waals surface area contributed by atoms with E-state index in [-0.39, 0.29) is 29.2 Å². The Balaban J connectivity index is 1.88. The molecule has 2 atom stereocenters. The first-order valence-electron chi connectivity index (χ1n) is 9.77. The lowest BCUT2D eigenvalue weighted by molar-refractivity contribution is -0.148. The summed E-state index contributed by atoms with van der Waals surface area (Å²) in [6.45, 7) is -0.307. The van der Waals surface area contributed by atoms with Crippen molar-refractivity contribution in [3.8, 4) is 0 Å². The summed E-state index contributed by atoms with van der Waals surface area (Å²) < 4.78 is 15.1. The van der Waals surface area contributed by atoms with Crippen LogP contribution in [0.2, 0.25) is 10.0 Å². The van der Waals surface area contributed by atoms with Gasteiger partial charge in [-0.05, 0) is 30.2 Å². The highest BCUT2D eigenvalue weighted by molar-refractivity contribution is 6.31. The topological polar surface area (TPSA) is 142 Å². The molecule has 1 aromatic heterocycles. The molecule has 0 aliphatic rings. The standard InChI is InChI=1S/C22H18Cl2FN3O6/c23-13-6-5-12(15(25)8-13)10-28-18(21(31)32)9-17(27-28)20(30)26-16(19(29)22(33)34)7-11-3-1-2-4-14(11)24/h1-6,8-9,16,19,29H,7,10H2,(H,26,30)(H,31,32)(H,33,34)/t16-,19-/m1/s1. The minimum absolute atomic E-state index is 0.0832. The highest BCUT2D eigenvalue weighted by atomic mass is 35.5. The van der Waals surface area contributed by atoms with Gasteiger partial charge in [-0.2, -0.15) is 5.10 Å². The number of hydrogen-bond donors (Lipinski definition) is 4. The van der Waals surface area contributed by atoms with Crippen LogP contribution in [0.3, 0.4) is 0 Å². The fourth-order valence-corrected chi connectivity index (χ4v) is 3.56. The molecule has 0 spiro atoms. The van der Waals surface area contributed by atoms with Gasteiger partial charge in [-0.1, -0.05) is 47.5 Å². The van der Waals surface area contributed by atoms with Crippen LogP contribution in [0.4, 0.5) is 4.39 Å². The molecule has 0 aliphatic heterocycles. The number of carbonyl (C=O) groups excluding carboxylic acids is 1. The number of aliphatic hydroxyl groups excluding tert-OH is 1. The van der Waals surface area contributed by atoms with Crippen molar-refractivity contribution in [2.45, 2.75) is 25.1 Å². The van der Waals surface area contributed by atoms with Crippen molar-refractivity contribution < 1.29 is 34.1 Å². The summed E-state index contributed by atoms with van der Waals surface area (Å²) in [6.07, 6.45) is -2.11. The highest BCUT2D eigenvalue weighted by Crippen LogP contribution is 2.19. The number of nitrogens with one attached hydrogen (secondary N) is 1. The van der Waals surface area contributed by atoms with Gasteiger partial charge in [0, 0.05) is 21.7 Å². The number of aliphatic carboxylic acids is 1. The molecule has 1 heterocycles. The van der Waals surface area contributed by atoms with Gasteiger partial charge in [0.25, 0.3) is 5.91 Å². The van der Waals surface area contributed by atoms with Crippen molar-refractivity contribution in [2.24, 2.45) is 0 Å². The van der Waals surface area contributed by atoms with Crippen LogP contribution >= 0.6 is 23.2 Å². The van der Waals surface area contributed by atoms with Crippen LogP contribution in [-0.4, -0.2) is 55.1 Å². The maximum Gasteiger partial charge on any atom is 0.354 e. The van der Waals surface area contributed by atoms with Gasteiger partial charge < -0.3 is 20.6 Å². The molecule has 0 bridgehead atoms. The van der Waals surface area contributed by atoms with Crippen molar-refractivity contribution in [3.63, 3.8) is 0 Å². The average molecular weight is 510 g/mol. The maximum absolute atomic E-state index is 14.2. The molecule has 0 fully saturated rings. The maximum atomic E-state index is 14.2. The number of aromatic carboxylic acids is 1. The van der Waals surface area contributed by atoms with E-state index < -0.39 is 41.5 Å². The molecule has 9 nitrogen and oxygen atoms in total. The van der Waals surface area contributed by atoms with Gasteiger partial charge in [0.05, 0.1) is 12.6 Å². The zero-order chi connectivity index (χ0) is 25.0. The van der Waals surface area contributed by atoms with Gasteiger partial charge in [0.15, 0.2) is 11.8 Å². The number of carbonyl (C=O) groups is 3. The van der Waals surface area contributed by atoms with Crippen LogP contribution in [0.25, 0.3) is 0 Å². The summed E-state index contributed by atoms with van der Waals surface area (Å²) in [7, 11) is 0. The number of halogens is 3. The third-order valence-corrected chi connectivity index (χ3v) is 5.52. The molecular formula is C22H18Cl2FN3O6. The SMILES string of the molecule is O=C(N[C@H](Cc1ccccc1Cl)[C@@H](O)C(=O)O)c1cc(C(=O)O)n(Cc2ccc(Cl)cc2F)n1. The zero-order valence-corrected chi connectivity index (χ0v) is 18.8. The zero-order valence-electron chi connectivity index (χ0n) is 17.3. The van der Waals surface area contributed by atoms with Crippen LogP contribution in [-0.2, 0) is 17.8 Å². The van der Waals surface area contributed by atoms with Crippen molar-refractivity contribution >= 4 is 41.0 Å². The summed E-state index contributed by atoms with van der Waals surface area (Å²) >= 11 is 11.8. The number of hydrogen-bond acceptors (Lipinski definition) is 5. The Bertz CT molecular complexity index is 1250. The van der Waals surface area contributed by atoms with Crippen LogP contribution < -0.4 is 5.32 Å². The third-order valence-electron chi connectivity index (χ3n) is 4.92. The van der Waals surface area contributed by atoms with Gasteiger partial charge in [-0.15, -0.1) is 0 Å². The Kier molecular flexibility index (Phi) is 7.87. The molecular weight excluding hydrogens is 492 g/mol. The third kappa shape index (κ3) is 5.90. The molecule has 12 heteroatoms.